The number of carbonyl (C=O) groups excluding carboxylic acids is 4. The summed E-state index contributed by atoms with van der Waals surface area (Å²) >= 11 is 0. The number of phosphoric acid groups is 2. The van der Waals surface area contributed by atoms with Gasteiger partial charge in [-0.25, -0.2) is 9.13 Å². The smallest absolute Gasteiger partial charge is 0.462 e. The number of aliphatic hydroxyl groups excluding tert-OH is 1. The first-order chi connectivity index (χ1) is 51.7. The maximum Gasteiger partial charge on any atom is 0.472 e. The van der Waals surface area contributed by atoms with E-state index in [-0.39, 0.29) is 25.7 Å². The minimum absolute atomic E-state index is 0.109. The zero-order valence-electron chi connectivity index (χ0n) is 69.4. The predicted molar refractivity (Wildman–Crippen MR) is 437 cm³/mol. The Bertz CT molecular complexity index is 2000. The monoisotopic (exact) mass is 1550 g/mol. The fourth-order valence-corrected chi connectivity index (χ4v) is 15.3. The minimum atomic E-state index is -4.97. The van der Waals surface area contributed by atoms with Crippen LogP contribution in [0.5, 0.6) is 0 Å². The topological polar surface area (TPSA) is 237 Å². The van der Waals surface area contributed by atoms with Gasteiger partial charge in [0.25, 0.3) is 0 Å². The summed E-state index contributed by atoms with van der Waals surface area (Å²) in [7, 11) is -9.92. The number of phosphoric ester groups is 2. The molecule has 0 amide bonds. The summed E-state index contributed by atoms with van der Waals surface area (Å²) in [5, 5.41) is 10.7. The largest absolute Gasteiger partial charge is 0.472 e. The van der Waals surface area contributed by atoms with Gasteiger partial charge in [0.05, 0.1) is 26.4 Å². The first-order valence-electron chi connectivity index (χ1n) is 45.3. The Morgan fingerprint density at radius 1 is 0.226 bits per heavy atom. The number of hydrogen-bond acceptors (Lipinski definition) is 15. The van der Waals surface area contributed by atoms with Crippen LogP contribution in [0.2, 0.25) is 0 Å². The number of carbonyl (C=O) groups is 4. The Morgan fingerprint density at radius 3 is 0.557 bits per heavy atom. The molecule has 0 spiro atoms. The second kappa shape index (κ2) is 81.1. The Kier molecular flexibility index (Phi) is 79.6. The second-order valence-corrected chi connectivity index (χ2v) is 34.2. The number of esters is 4. The van der Waals surface area contributed by atoms with Crippen molar-refractivity contribution in [3.05, 3.63) is 0 Å². The van der Waals surface area contributed by atoms with E-state index < -0.39 is 97.5 Å². The van der Waals surface area contributed by atoms with Crippen LogP contribution in [0.1, 0.15) is 477 Å². The third kappa shape index (κ3) is 80.1. The van der Waals surface area contributed by atoms with Crippen molar-refractivity contribution in [1.82, 2.24) is 0 Å². The Morgan fingerprint density at radius 2 is 0.377 bits per heavy atom. The quantitative estimate of drug-likeness (QED) is 0.0222. The Hall–Kier alpha value is -1.94. The first kappa shape index (κ1) is 104. The van der Waals surface area contributed by atoms with Gasteiger partial charge in [-0.2, -0.15) is 0 Å². The second-order valence-electron chi connectivity index (χ2n) is 31.3. The van der Waals surface area contributed by atoms with E-state index in [1.807, 2.05) is 0 Å². The van der Waals surface area contributed by atoms with Gasteiger partial charge in [-0.05, 0) is 25.7 Å². The summed E-state index contributed by atoms with van der Waals surface area (Å²) in [6.07, 6.45) is 76.5. The van der Waals surface area contributed by atoms with Crippen molar-refractivity contribution >= 4 is 39.5 Å². The van der Waals surface area contributed by atoms with Crippen LogP contribution in [0.15, 0.2) is 0 Å². The highest BCUT2D eigenvalue weighted by atomic mass is 31.2. The lowest BCUT2D eigenvalue weighted by atomic mass is 10.0. The van der Waals surface area contributed by atoms with E-state index >= 15 is 0 Å². The van der Waals surface area contributed by atoms with Gasteiger partial charge in [0.2, 0.25) is 0 Å². The molecule has 0 saturated carbocycles. The summed E-state index contributed by atoms with van der Waals surface area (Å²) in [4.78, 5) is 73.2. The van der Waals surface area contributed by atoms with Crippen LogP contribution < -0.4 is 0 Å². The van der Waals surface area contributed by atoms with Gasteiger partial charge in [-0.3, -0.25) is 37.3 Å². The van der Waals surface area contributed by atoms with Crippen LogP contribution in [-0.4, -0.2) is 96.7 Å². The third-order valence-corrected chi connectivity index (χ3v) is 22.5. The maximum atomic E-state index is 13.2. The number of hydrogen-bond donors (Lipinski definition) is 3. The molecule has 0 aliphatic carbocycles. The first-order valence-corrected chi connectivity index (χ1v) is 48.3. The molecular formula is C87H170O17P2. The van der Waals surface area contributed by atoms with Crippen molar-refractivity contribution in [2.45, 2.75) is 495 Å². The molecule has 0 aliphatic rings. The van der Waals surface area contributed by atoms with Gasteiger partial charge in [0, 0.05) is 25.7 Å². The minimum Gasteiger partial charge on any atom is -0.462 e. The molecular weight excluding hydrogens is 1380 g/mol. The molecule has 0 aromatic heterocycles. The van der Waals surface area contributed by atoms with E-state index in [0.29, 0.717) is 25.7 Å². The van der Waals surface area contributed by atoms with Crippen LogP contribution in [-0.2, 0) is 65.4 Å². The Balaban J connectivity index is 5.19. The molecule has 0 aromatic carbocycles. The average molecular weight is 1550 g/mol. The molecule has 2 unspecified atom stereocenters. The molecule has 0 heterocycles. The van der Waals surface area contributed by atoms with Crippen molar-refractivity contribution in [1.29, 1.82) is 0 Å². The number of ether oxygens (including phenoxy) is 4. The van der Waals surface area contributed by atoms with E-state index in [4.69, 9.17) is 37.0 Å². The molecule has 0 fully saturated rings. The third-order valence-electron chi connectivity index (χ3n) is 20.6. The normalized spacial score (nSPS) is 13.7. The van der Waals surface area contributed by atoms with Gasteiger partial charge in [0.1, 0.15) is 19.3 Å². The lowest BCUT2D eigenvalue weighted by Gasteiger charge is -2.21. The van der Waals surface area contributed by atoms with Crippen molar-refractivity contribution in [2.24, 2.45) is 0 Å². The summed E-state index contributed by atoms with van der Waals surface area (Å²) in [6.45, 7) is 5.05. The van der Waals surface area contributed by atoms with Crippen LogP contribution >= 0.6 is 15.6 Å². The molecule has 0 aliphatic heterocycles. The fraction of sp³-hybridized carbons (Fsp3) is 0.954. The van der Waals surface area contributed by atoms with Gasteiger partial charge < -0.3 is 33.8 Å². The van der Waals surface area contributed by atoms with Crippen molar-refractivity contribution in [2.75, 3.05) is 39.6 Å². The zero-order valence-corrected chi connectivity index (χ0v) is 71.2. The van der Waals surface area contributed by atoms with Gasteiger partial charge in [-0.1, -0.05) is 426 Å². The molecule has 0 rings (SSSR count). The molecule has 3 N–H and O–H groups in total. The molecule has 5 atom stereocenters. The van der Waals surface area contributed by atoms with E-state index in [1.165, 1.54) is 308 Å². The molecule has 0 bridgehead atoms. The van der Waals surface area contributed by atoms with Crippen LogP contribution in [0.4, 0.5) is 0 Å². The summed E-state index contributed by atoms with van der Waals surface area (Å²) < 4.78 is 68.9. The Labute approximate surface area is 651 Å². The predicted octanol–water partition coefficient (Wildman–Crippen LogP) is 26.9. The van der Waals surface area contributed by atoms with Crippen molar-refractivity contribution in [3.63, 3.8) is 0 Å². The highest BCUT2D eigenvalue weighted by Gasteiger charge is 2.30. The van der Waals surface area contributed by atoms with Gasteiger partial charge in [0.15, 0.2) is 12.2 Å². The number of aliphatic hydroxyl groups is 1. The molecule has 0 radical (unpaired) electrons. The number of rotatable bonds is 88. The van der Waals surface area contributed by atoms with Crippen molar-refractivity contribution in [3.8, 4) is 0 Å². The lowest BCUT2D eigenvalue weighted by molar-refractivity contribution is -0.161. The van der Waals surface area contributed by atoms with Crippen LogP contribution in [0.25, 0.3) is 0 Å². The average Bonchev–Trinajstić information content (AvgIpc) is 0.900. The summed E-state index contributed by atoms with van der Waals surface area (Å²) in [6, 6.07) is 0. The van der Waals surface area contributed by atoms with Gasteiger partial charge >= 0.3 is 39.5 Å². The molecule has 630 valence electrons. The van der Waals surface area contributed by atoms with E-state index in [0.717, 1.165) is 89.9 Å². The van der Waals surface area contributed by atoms with Crippen molar-refractivity contribution < 1.29 is 80.2 Å². The zero-order chi connectivity index (χ0) is 77.4. The summed E-state index contributed by atoms with van der Waals surface area (Å²) in [5.74, 6) is -2.10. The molecule has 19 heteroatoms. The number of unbranched alkanes of at least 4 members (excludes halogenated alkanes) is 62. The lowest BCUT2D eigenvalue weighted by Crippen LogP contribution is -2.30. The molecule has 0 aromatic rings. The highest BCUT2D eigenvalue weighted by molar-refractivity contribution is 7.47. The van der Waals surface area contributed by atoms with Gasteiger partial charge in [-0.15, -0.1) is 0 Å². The maximum absolute atomic E-state index is 13.2. The van der Waals surface area contributed by atoms with Crippen LogP contribution in [0, 0.1) is 0 Å². The van der Waals surface area contributed by atoms with E-state index in [9.17, 15) is 43.2 Å². The highest BCUT2D eigenvalue weighted by Crippen LogP contribution is 2.45. The van der Waals surface area contributed by atoms with E-state index in [2.05, 4.69) is 27.7 Å². The van der Waals surface area contributed by atoms with Crippen LogP contribution in [0.3, 0.4) is 0 Å². The standard InChI is InChI=1S/C87H170O17P2/c1-5-9-13-17-21-25-28-31-34-37-39-41-43-45-48-51-54-58-62-66-70-74-87(92)104-83(78-98-85(90)72-68-64-60-56-52-49-47-44-42-40-38-35-32-29-26-22-18-14-10-6-2)80-102-106(95,96)100-76-81(88)75-99-105(93,94)101-79-82(77-97-84(89)71-67-63-59-55-24-20-16-12-8-4)103-86(91)73-69-65-61-57-53-50-46-36-33-30-27-23-19-15-11-7-3/h81-83,88H,5-80H2,1-4H3,(H,93,94)(H,95,96)/t81-,82+,83+/m0/s1. The molecule has 17 nitrogen and oxygen atoms in total. The molecule has 106 heavy (non-hydrogen) atoms. The van der Waals surface area contributed by atoms with E-state index in [1.54, 1.807) is 0 Å². The summed E-state index contributed by atoms with van der Waals surface area (Å²) in [5.41, 5.74) is 0. The SMILES string of the molecule is CCCCCCCCCCCCCCCCCCCCCCCC(=O)O[C@H](COC(=O)CCCCCCCCCCCCCCCCCCCCCC)COP(=O)(O)OC[C@@H](O)COP(=O)(O)OC[C@@H](COC(=O)CCCCCCCCCCC)OC(=O)CCCCCCCCCCCCCCCCCC. The fourth-order valence-electron chi connectivity index (χ4n) is 13.7. The molecule has 0 saturated heterocycles.